The molecule has 0 unspecified atom stereocenters. The number of carbonyl (C=O) groups excluding carboxylic acids is 1. The van der Waals surface area contributed by atoms with E-state index in [0.717, 1.165) is 19.3 Å². The van der Waals surface area contributed by atoms with Crippen LogP contribution in [0, 0.1) is 5.92 Å². The maximum Gasteiger partial charge on any atom is 0.225 e. The lowest BCUT2D eigenvalue weighted by atomic mass is 10.3. The Hall–Kier alpha value is -0.620. The molecule has 6 heteroatoms. The standard InChI is InChI=1S/C11H20N2O3S/c1-2-17(15,16)13-7-3-6-12(8-9-13)11(14)10-4-5-10/h10H,2-9H2,1H3. The quantitative estimate of drug-likeness (QED) is 0.732. The van der Waals surface area contributed by atoms with Gasteiger partial charge in [-0.25, -0.2) is 12.7 Å². The van der Waals surface area contributed by atoms with Gasteiger partial charge in [-0.1, -0.05) is 0 Å². The molecule has 0 radical (unpaired) electrons. The number of rotatable bonds is 3. The first-order valence-electron chi connectivity index (χ1n) is 6.31. The van der Waals surface area contributed by atoms with E-state index < -0.39 is 10.0 Å². The number of sulfonamides is 1. The summed E-state index contributed by atoms with van der Waals surface area (Å²) in [5, 5.41) is 0. The van der Waals surface area contributed by atoms with E-state index in [2.05, 4.69) is 0 Å². The van der Waals surface area contributed by atoms with Crippen LogP contribution in [0.5, 0.6) is 0 Å². The van der Waals surface area contributed by atoms with Gasteiger partial charge in [0.25, 0.3) is 0 Å². The van der Waals surface area contributed by atoms with Gasteiger partial charge >= 0.3 is 0 Å². The Kier molecular flexibility index (Phi) is 3.73. The van der Waals surface area contributed by atoms with Gasteiger partial charge in [-0.05, 0) is 26.2 Å². The highest BCUT2D eigenvalue weighted by Crippen LogP contribution is 2.31. The second-order valence-electron chi connectivity index (χ2n) is 4.75. The lowest BCUT2D eigenvalue weighted by Gasteiger charge is -2.21. The molecule has 0 aromatic carbocycles. The maximum absolute atomic E-state index is 11.9. The maximum atomic E-state index is 11.9. The summed E-state index contributed by atoms with van der Waals surface area (Å²) in [6.07, 6.45) is 2.76. The van der Waals surface area contributed by atoms with Crippen molar-refractivity contribution < 1.29 is 13.2 Å². The molecule has 1 heterocycles. The summed E-state index contributed by atoms with van der Waals surface area (Å²) < 4.78 is 25.0. The molecule has 0 aromatic heterocycles. The number of hydrogen-bond donors (Lipinski definition) is 0. The number of carbonyl (C=O) groups is 1. The largest absolute Gasteiger partial charge is 0.341 e. The van der Waals surface area contributed by atoms with Crippen molar-refractivity contribution in [2.24, 2.45) is 5.92 Å². The van der Waals surface area contributed by atoms with Crippen LogP contribution < -0.4 is 0 Å². The lowest BCUT2D eigenvalue weighted by Crippen LogP contribution is -2.38. The van der Waals surface area contributed by atoms with Gasteiger partial charge in [0.05, 0.1) is 5.75 Å². The molecule has 2 fully saturated rings. The first kappa shape index (κ1) is 12.8. The monoisotopic (exact) mass is 260 g/mol. The molecule has 17 heavy (non-hydrogen) atoms. The molecule has 98 valence electrons. The molecular weight excluding hydrogens is 240 g/mol. The molecule has 1 aliphatic carbocycles. The fourth-order valence-corrected chi connectivity index (χ4v) is 3.30. The van der Waals surface area contributed by atoms with Crippen LogP contribution in [-0.2, 0) is 14.8 Å². The topological polar surface area (TPSA) is 57.7 Å². The first-order chi connectivity index (χ1) is 8.04. The van der Waals surface area contributed by atoms with Crippen molar-refractivity contribution in [3.05, 3.63) is 0 Å². The molecule has 1 saturated carbocycles. The van der Waals surface area contributed by atoms with Crippen molar-refractivity contribution in [3.8, 4) is 0 Å². The molecule has 1 aliphatic heterocycles. The molecule has 0 aromatic rings. The average molecular weight is 260 g/mol. The Morgan fingerprint density at radius 2 is 1.88 bits per heavy atom. The molecule has 0 atom stereocenters. The third kappa shape index (κ3) is 2.98. The Morgan fingerprint density at radius 3 is 2.47 bits per heavy atom. The molecular formula is C11H20N2O3S. The Morgan fingerprint density at radius 1 is 1.18 bits per heavy atom. The smallest absolute Gasteiger partial charge is 0.225 e. The highest BCUT2D eigenvalue weighted by Gasteiger charge is 2.34. The zero-order valence-corrected chi connectivity index (χ0v) is 11.1. The molecule has 1 saturated heterocycles. The van der Waals surface area contributed by atoms with Crippen molar-refractivity contribution in [2.75, 3.05) is 31.9 Å². The Bertz CT molecular complexity index is 390. The van der Waals surface area contributed by atoms with E-state index in [1.807, 2.05) is 4.90 Å². The number of nitrogens with zero attached hydrogens (tertiary/aromatic N) is 2. The molecule has 2 aliphatic rings. The van der Waals surface area contributed by atoms with E-state index in [1.54, 1.807) is 6.92 Å². The fraction of sp³-hybridized carbons (Fsp3) is 0.909. The highest BCUT2D eigenvalue weighted by atomic mass is 32.2. The van der Waals surface area contributed by atoms with Crippen LogP contribution in [0.3, 0.4) is 0 Å². The molecule has 1 amide bonds. The van der Waals surface area contributed by atoms with Crippen molar-refractivity contribution in [2.45, 2.75) is 26.2 Å². The van der Waals surface area contributed by atoms with Gasteiger partial charge in [0.1, 0.15) is 0 Å². The average Bonchev–Trinajstić information content (AvgIpc) is 3.14. The lowest BCUT2D eigenvalue weighted by molar-refractivity contribution is -0.132. The second-order valence-corrected chi connectivity index (χ2v) is 7.01. The van der Waals surface area contributed by atoms with Crippen LogP contribution in [0.2, 0.25) is 0 Å². The van der Waals surface area contributed by atoms with Crippen molar-refractivity contribution in [3.63, 3.8) is 0 Å². The Balaban J connectivity index is 1.95. The van der Waals surface area contributed by atoms with E-state index in [-0.39, 0.29) is 17.6 Å². The van der Waals surface area contributed by atoms with E-state index in [1.165, 1.54) is 4.31 Å². The third-order valence-corrected chi connectivity index (χ3v) is 5.33. The summed E-state index contributed by atoms with van der Waals surface area (Å²) in [4.78, 5) is 13.7. The van der Waals surface area contributed by atoms with Gasteiger partial charge < -0.3 is 4.90 Å². The van der Waals surface area contributed by atoms with Crippen molar-refractivity contribution >= 4 is 15.9 Å². The zero-order chi connectivity index (χ0) is 12.5. The molecule has 2 rings (SSSR count). The van der Waals surface area contributed by atoms with Gasteiger partial charge in [0.2, 0.25) is 15.9 Å². The van der Waals surface area contributed by atoms with Gasteiger partial charge in [-0.3, -0.25) is 4.79 Å². The van der Waals surface area contributed by atoms with Crippen LogP contribution in [-0.4, -0.2) is 55.5 Å². The van der Waals surface area contributed by atoms with Gasteiger partial charge in [0.15, 0.2) is 0 Å². The van der Waals surface area contributed by atoms with E-state index >= 15 is 0 Å². The SMILES string of the molecule is CCS(=O)(=O)N1CCCN(C(=O)C2CC2)CC1. The van der Waals surface area contributed by atoms with Crippen molar-refractivity contribution in [1.29, 1.82) is 0 Å². The predicted molar refractivity (Wildman–Crippen MR) is 65.0 cm³/mol. The molecule has 0 N–H and O–H groups in total. The summed E-state index contributed by atoms with van der Waals surface area (Å²) >= 11 is 0. The predicted octanol–water partition coefficient (Wildman–Crippen LogP) is 0.280. The van der Waals surface area contributed by atoms with Crippen molar-refractivity contribution in [1.82, 2.24) is 9.21 Å². The van der Waals surface area contributed by atoms with Crippen LogP contribution in [0.15, 0.2) is 0 Å². The molecule has 0 bridgehead atoms. The van der Waals surface area contributed by atoms with Crippen LogP contribution in [0.4, 0.5) is 0 Å². The summed E-state index contributed by atoms with van der Waals surface area (Å²) in [6, 6.07) is 0. The minimum Gasteiger partial charge on any atom is -0.341 e. The van der Waals surface area contributed by atoms with Gasteiger partial charge in [-0.15, -0.1) is 0 Å². The fourth-order valence-electron chi connectivity index (χ4n) is 2.16. The van der Waals surface area contributed by atoms with Crippen LogP contribution in [0.25, 0.3) is 0 Å². The summed E-state index contributed by atoms with van der Waals surface area (Å²) in [5.41, 5.74) is 0. The minimum atomic E-state index is -3.10. The minimum absolute atomic E-state index is 0.142. The summed E-state index contributed by atoms with van der Waals surface area (Å²) in [7, 11) is -3.10. The van der Waals surface area contributed by atoms with E-state index in [9.17, 15) is 13.2 Å². The van der Waals surface area contributed by atoms with E-state index in [0.29, 0.717) is 26.2 Å². The van der Waals surface area contributed by atoms with Crippen LogP contribution >= 0.6 is 0 Å². The zero-order valence-electron chi connectivity index (χ0n) is 10.3. The van der Waals surface area contributed by atoms with Crippen LogP contribution in [0.1, 0.15) is 26.2 Å². The van der Waals surface area contributed by atoms with E-state index in [4.69, 9.17) is 0 Å². The second kappa shape index (κ2) is 4.94. The summed E-state index contributed by atoms with van der Waals surface area (Å²) in [6.45, 7) is 3.91. The third-order valence-electron chi connectivity index (χ3n) is 3.45. The first-order valence-corrected chi connectivity index (χ1v) is 7.92. The van der Waals surface area contributed by atoms with Gasteiger partial charge in [-0.2, -0.15) is 0 Å². The normalized spacial score (nSPS) is 23.5. The summed E-state index contributed by atoms with van der Waals surface area (Å²) in [5.74, 6) is 0.592. The Labute approximate surface area is 103 Å². The molecule has 5 nitrogen and oxygen atoms in total. The number of hydrogen-bond acceptors (Lipinski definition) is 3. The number of amides is 1. The molecule has 0 spiro atoms. The van der Waals surface area contributed by atoms with Gasteiger partial charge in [0, 0.05) is 32.1 Å². The highest BCUT2D eigenvalue weighted by molar-refractivity contribution is 7.89.